The Labute approximate surface area is 108 Å². The van der Waals surface area contributed by atoms with Crippen LogP contribution in [-0.4, -0.2) is 16.1 Å². The maximum Gasteiger partial charge on any atom is 0.259 e. The molecule has 0 unspecified atom stereocenters. The lowest BCUT2D eigenvalue weighted by Crippen LogP contribution is -2.12. The van der Waals surface area contributed by atoms with Crippen LogP contribution in [0.15, 0.2) is 24.3 Å². The van der Waals surface area contributed by atoms with Gasteiger partial charge in [0.2, 0.25) is 5.13 Å². The molecule has 6 heteroatoms. The Hall–Kier alpha value is -1.46. The third kappa shape index (κ3) is 2.81. The van der Waals surface area contributed by atoms with Crippen LogP contribution in [0.5, 0.6) is 0 Å². The molecule has 4 nitrogen and oxygen atoms in total. The first-order valence-corrected chi connectivity index (χ1v) is 6.28. The fraction of sp³-hybridized carbons (Fsp3) is 0.182. The smallest absolute Gasteiger partial charge is 0.259 e. The van der Waals surface area contributed by atoms with Gasteiger partial charge in [-0.2, -0.15) is 0 Å². The molecule has 1 aromatic carbocycles. The summed E-state index contributed by atoms with van der Waals surface area (Å²) < 4.78 is 0. The Kier molecular flexibility index (Phi) is 3.71. The molecule has 88 valence electrons. The van der Waals surface area contributed by atoms with Crippen molar-refractivity contribution in [2.24, 2.45) is 0 Å². The largest absolute Gasteiger partial charge is 0.296 e. The molecule has 0 aliphatic rings. The van der Waals surface area contributed by atoms with E-state index in [2.05, 4.69) is 15.5 Å². The SMILES string of the molecule is CCc1nnc(NC(=O)c2ccccc2Cl)s1. The van der Waals surface area contributed by atoms with E-state index in [9.17, 15) is 4.79 Å². The topological polar surface area (TPSA) is 54.9 Å². The Morgan fingerprint density at radius 3 is 2.82 bits per heavy atom. The van der Waals surface area contributed by atoms with Gasteiger partial charge in [-0.25, -0.2) is 0 Å². The van der Waals surface area contributed by atoms with Crippen molar-refractivity contribution >= 4 is 34.0 Å². The summed E-state index contributed by atoms with van der Waals surface area (Å²) in [5.41, 5.74) is 0.433. The molecule has 0 aliphatic carbocycles. The van der Waals surface area contributed by atoms with Gasteiger partial charge in [0.1, 0.15) is 5.01 Å². The van der Waals surface area contributed by atoms with Crippen molar-refractivity contribution in [1.82, 2.24) is 10.2 Å². The summed E-state index contributed by atoms with van der Waals surface area (Å²) in [7, 11) is 0. The van der Waals surface area contributed by atoms with E-state index in [-0.39, 0.29) is 5.91 Å². The molecule has 1 N–H and O–H groups in total. The first kappa shape index (κ1) is 12.0. The molecular formula is C11H10ClN3OS. The Morgan fingerprint density at radius 1 is 1.41 bits per heavy atom. The molecule has 0 atom stereocenters. The van der Waals surface area contributed by atoms with E-state index in [1.807, 2.05) is 6.92 Å². The van der Waals surface area contributed by atoms with E-state index in [0.29, 0.717) is 15.7 Å². The summed E-state index contributed by atoms with van der Waals surface area (Å²) in [6, 6.07) is 6.88. The average Bonchev–Trinajstić information content (AvgIpc) is 2.77. The summed E-state index contributed by atoms with van der Waals surface area (Å²) in [6.07, 6.45) is 0.805. The summed E-state index contributed by atoms with van der Waals surface area (Å²) in [4.78, 5) is 11.9. The van der Waals surface area contributed by atoms with Crippen LogP contribution in [-0.2, 0) is 6.42 Å². The lowest BCUT2D eigenvalue weighted by atomic mass is 10.2. The fourth-order valence-electron chi connectivity index (χ4n) is 1.26. The van der Waals surface area contributed by atoms with Crippen molar-refractivity contribution in [1.29, 1.82) is 0 Å². The molecule has 0 saturated heterocycles. The predicted molar refractivity (Wildman–Crippen MR) is 68.7 cm³/mol. The zero-order valence-electron chi connectivity index (χ0n) is 9.11. The van der Waals surface area contributed by atoms with Gasteiger partial charge in [-0.05, 0) is 18.6 Å². The van der Waals surface area contributed by atoms with Crippen LogP contribution in [0.1, 0.15) is 22.3 Å². The van der Waals surface area contributed by atoms with Crippen LogP contribution in [0.3, 0.4) is 0 Å². The molecule has 1 heterocycles. The third-order valence-electron chi connectivity index (χ3n) is 2.11. The standard InChI is InChI=1S/C11H10ClN3OS/c1-2-9-14-15-11(17-9)13-10(16)7-5-3-4-6-8(7)12/h3-6H,2H2,1H3,(H,13,15,16). The van der Waals surface area contributed by atoms with Crippen molar-refractivity contribution in [3.05, 3.63) is 39.9 Å². The lowest BCUT2D eigenvalue weighted by molar-refractivity contribution is 0.102. The summed E-state index contributed by atoms with van der Waals surface area (Å²) in [5, 5.41) is 12.3. The molecule has 0 saturated carbocycles. The number of rotatable bonds is 3. The lowest BCUT2D eigenvalue weighted by Gasteiger charge is -2.02. The molecule has 17 heavy (non-hydrogen) atoms. The Balaban J connectivity index is 2.14. The van der Waals surface area contributed by atoms with Gasteiger partial charge in [-0.3, -0.25) is 10.1 Å². The number of halogens is 1. The second-order valence-corrected chi connectivity index (χ2v) is 4.76. The third-order valence-corrected chi connectivity index (χ3v) is 3.42. The number of anilines is 1. The van der Waals surface area contributed by atoms with E-state index in [1.54, 1.807) is 24.3 Å². The second kappa shape index (κ2) is 5.25. The number of hydrogen-bond donors (Lipinski definition) is 1. The number of carbonyl (C=O) groups excluding carboxylic acids is 1. The number of benzene rings is 1. The van der Waals surface area contributed by atoms with E-state index in [1.165, 1.54) is 11.3 Å². The van der Waals surface area contributed by atoms with Crippen LogP contribution < -0.4 is 5.32 Å². The minimum Gasteiger partial charge on any atom is -0.296 e. The predicted octanol–water partition coefficient (Wildman–Crippen LogP) is 3.01. The van der Waals surface area contributed by atoms with Crippen LogP contribution >= 0.6 is 22.9 Å². The quantitative estimate of drug-likeness (QED) is 0.930. The van der Waals surface area contributed by atoms with Crippen molar-refractivity contribution in [2.75, 3.05) is 5.32 Å². The molecule has 2 rings (SSSR count). The van der Waals surface area contributed by atoms with Crippen molar-refractivity contribution < 1.29 is 4.79 Å². The van der Waals surface area contributed by atoms with Crippen molar-refractivity contribution in [3.63, 3.8) is 0 Å². The first-order valence-electron chi connectivity index (χ1n) is 5.09. The van der Waals surface area contributed by atoms with E-state index in [4.69, 9.17) is 11.6 Å². The molecule has 2 aromatic rings. The molecule has 0 aliphatic heterocycles. The first-order chi connectivity index (χ1) is 8.20. The average molecular weight is 268 g/mol. The fourth-order valence-corrected chi connectivity index (χ4v) is 2.15. The van der Waals surface area contributed by atoms with Gasteiger partial charge in [0.05, 0.1) is 10.6 Å². The van der Waals surface area contributed by atoms with Crippen LogP contribution in [0.25, 0.3) is 0 Å². The Morgan fingerprint density at radius 2 is 2.18 bits per heavy atom. The molecule has 0 spiro atoms. The highest BCUT2D eigenvalue weighted by molar-refractivity contribution is 7.15. The molecule has 1 amide bonds. The number of aryl methyl sites for hydroxylation is 1. The van der Waals surface area contributed by atoms with Crippen LogP contribution in [0, 0.1) is 0 Å². The molecule has 0 bridgehead atoms. The zero-order chi connectivity index (χ0) is 12.3. The number of nitrogens with one attached hydrogen (secondary N) is 1. The maximum absolute atomic E-state index is 11.9. The monoisotopic (exact) mass is 267 g/mol. The van der Waals surface area contributed by atoms with E-state index in [0.717, 1.165) is 11.4 Å². The highest BCUT2D eigenvalue weighted by Crippen LogP contribution is 2.19. The summed E-state index contributed by atoms with van der Waals surface area (Å²) in [5.74, 6) is -0.269. The molecular weight excluding hydrogens is 258 g/mol. The number of carbonyl (C=O) groups is 1. The number of nitrogens with zero attached hydrogens (tertiary/aromatic N) is 2. The van der Waals surface area contributed by atoms with Gasteiger partial charge < -0.3 is 0 Å². The van der Waals surface area contributed by atoms with Gasteiger partial charge >= 0.3 is 0 Å². The number of aromatic nitrogens is 2. The van der Waals surface area contributed by atoms with Gasteiger partial charge in [-0.15, -0.1) is 10.2 Å². The second-order valence-electron chi connectivity index (χ2n) is 3.29. The van der Waals surface area contributed by atoms with Crippen molar-refractivity contribution in [2.45, 2.75) is 13.3 Å². The molecule has 0 fully saturated rings. The highest BCUT2D eigenvalue weighted by Gasteiger charge is 2.12. The number of hydrogen-bond acceptors (Lipinski definition) is 4. The van der Waals surface area contributed by atoms with Gasteiger partial charge in [0, 0.05) is 0 Å². The molecule has 0 radical (unpaired) electrons. The maximum atomic E-state index is 11.9. The van der Waals surface area contributed by atoms with Gasteiger partial charge in [-0.1, -0.05) is 42.0 Å². The minimum atomic E-state index is -0.269. The molecule has 1 aromatic heterocycles. The van der Waals surface area contributed by atoms with Gasteiger partial charge in [0.25, 0.3) is 5.91 Å². The van der Waals surface area contributed by atoms with E-state index >= 15 is 0 Å². The van der Waals surface area contributed by atoms with Crippen LogP contribution in [0.4, 0.5) is 5.13 Å². The van der Waals surface area contributed by atoms with Crippen LogP contribution in [0.2, 0.25) is 5.02 Å². The summed E-state index contributed by atoms with van der Waals surface area (Å²) in [6.45, 7) is 1.99. The summed E-state index contributed by atoms with van der Waals surface area (Å²) >= 11 is 7.29. The number of amides is 1. The normalized spacial score (nSPS) is 10.2. The van der Waals surface area contributed by atoms with Gasteiger partial charge in [0.15, 0.2) is 0 Å². The van der Waals surface area contributed by atoms with E-state index < -0.39 is 0 Å². The minimum absolute atomic E-state index is 0.269. The van der Waals surface area contributed by atoms with Crippen molar-refractivity contribution in [3.8, 4) is 0 Å². The zero-order valence-corrected chi connectivity index (χ0v) is 10.7. The highest BCUT2D eigenvalue weighted by atomic mass is 35.5. The Bertz CT molecular complexity index is 541.